The summed E-state index contributed by atoms with van der Waals surface area (Å²) in [6.45, 7) is 2.02. The maximum atomic E-state index is 11.3. The average molecular weight is 235 g/mol. The van der Waals surface area contributed by atoms with Crippen LogP contribution in [0.2, 0.25) is 0 Å². The third kappa shape index (κ3) is 2.20. The second-order valence-corrected chi connectivity index (χ2v) is 4.28. The number of nitrogens with one attached hydrogen (secondary N) is 1. The first-order valence-corrected chi connectivity index (χ1v) is 5.67. The van der Waals surface area contributed by atoms with Crippen molar-refractivity contribution in [3.05, 3.63) is 23.8 Å². The van der Waals surface area contributed by atoms with Gasteiger partial charge in [-0.1, -0.05) is 6.07 Å². The van der Waals surface area contributed by atoms with Crippen molar-refractivity contribution in [3.8, 4) is 11.5 Å². The highest BCUT2D eigenvalue weighted by atomic mass is 16.5. The summed E-state index contributed by atoms with van der Waals surface area (Å²) >= 11 is 0. The van der Waals surface area contributed by atoms with Gasteiger partial charge in [0, 0.05) is 18.4 Å². The molecule has 4 heteroatoms. The van der Waals surface area contributed by atoms with E-state index in [1.54, 1.807) is 14.2 Å². The number of ether oxygens (including phenoxy) is 2. The first kappa shape index (κ1) is 11.8. The van der Waals surface area contributed by atoms with Gasteiger partial charge in [0.2, 0.25) is 5.91 Å². The van der Waals surface area contributed by atoms with Gasteiger partial charge in [0.25, 0.3) is 0 Å². The third-order valence-corrected chi connectivity index (χ3v) is 3.23. The Balaban J connectivity index is 2.30. The van der Waals surface area contributed by atoms with Crippen molar-refractivity contribution in [2.24, 2.45) is 0 Å². The number of rotatable bonds is 3. The van der Waals surface area contributed by atoms with Gasteiger partial charge in [0.05, 0.1) is 14.2 Å². The van der Waals surface area contributed by atoms with Crippen molar-refractivity contribution in [1.82, 2.24) is 5.32 Å². The van der Waals surface area contributed by atoms with E-state index in [1.807, 2.05) is 25.1 Å². The van der Waals surface area contributed by atoms with Gasteiger partial charge < -0.3 is 14.8 Å². The highest BCUT2D eigenvalue weighted by molar-refractivity contribution is 5.80. The van der Waals surface area contributed by atoms with E-state index in [0.29, 0.717) is 17.9 Å². The molecule has 0 aromatic heterocycles. The van der Waals surface area contributed by atoms with E-state index in [4.69, 9.17) is 9.47 Å². The van der Waals surface area contributed by atoms with Crippen LogP contribution in [-0.4, -0.2) is 26.2 Å². The Bertz CT molecular complexity index is 431. The van der Waals surface area contributed by atoms with Crippen LogP contribution in [0.4, 0.5) is 0 Å². The van der Waals surface area contributed by atoms with Crippen LogP contribution >= 0.6 is 0 Å². The Hall–Kier alpha value is -1.71. The van der Waals surface area contributed by atoms with Gasteiger partial charge in [0.15, 0.2) is 11.5 Å². The maximum Gasteiger partial charge on any atom is 0.220 e. The summed E-state index contributed by atoms with van der Waals surface area (Å²) in [7, 11) is 3.23. The Kier molecular flexibility index (Phi) is 3.22. The van der Waals surface area contributed by atoms with Crippen molar-refractivity contribution >= 4 is 5.91 Å². The SMILES string of the molecule is COc1ccc(C2CC(=O)NC2C)cc1OC. The largest absolute Gasteiger partial charge is 0.493 e. The standard InChI is InChI=1S/C13H17NO3/c1-8-10(7-13(15)14-8)9-4-5-11(16-2)12(6-9)17-3/h4-6,8,10H,7H2,1-3H3,(H,14,15). The molecule has 0 radical (unpaired) electrons. The molecule has 2 unspecified atom stereocenters. The molecule has 0 bridgehead atoms. The highest BCUT2D eigenvalue weighted by Crippen LogP contribution is 2.34. The topological polar surface area (TPSA) is 47.6 Å². The number of carbonyl (C=O) groups excluding carboxylic acids is 1. The van der Waals surface area contributed by atoms with Crippen LogP contribution in [0.1, 0.15) is 24.8 Å². The molecule has 2 rings (SSSR count). The van der Waals surface area contributed by atoms with Crippen LogP contribution in [0.15, 0.2) is 18.2 Å². The maximum absolute atomic E-state index is 11.3. The molecule has 1 saturated heterocycles. The van der Waals surface area contributed by atoms with E-state index in [1.165, 1.54) is 0 Å². The zero-order valence-electron chi connectivity index (χ0n) is 10.3. The molecule has 4 nitrogen and oxygen atoms in total. The Morgan fingerprint density at radius 3 is 2.47 bits per heavy atom. The molecule has 0 aliphatic carbocycles. The van der Waals surface area contributed by atoms with Gasteiger partial charge in [-0.15, -0.1) is 0 Å². The van der Waals surface area contributed by atoms with Gasteiger partial charge in [-0.25, -0.2) is 0 Å². The van der Waals surface area contributed by atoms with Crippen molar-refractivity contribution < 1.29 is 14.3 Å². The fraction of sp³-hybridized carbons (Fsp3) is 0.462. The van der Waals surface area contributed by atoms with E-state index in [0.717, 1.165) is 5.56 Å². The molecule has 0 spiro atoms. The predicted molar refractivity (Wildman–Crippen MR) is 64.5 cm³/mol. The number of hydrogen-bond donors (Lipinski definition) is 1. The average Bonchev–Trinajstić information content (AvgIpc) is 2.67. The van der Waals surface area contributed by atoms with E-state index in [-0.39, 0.29) is 17.9 Å². The van der Waals surface area contributed by atoms with E-state index in [2.05, 4.69) is 5.32 Å². The Morgan fingerprint density at radius 2 is 1.94 bits per heavy atom. The molecule has 17 heavy (non-hydrogen) atoms. The fourth-order valence-electron chi connectivity index (χ4n) is 2.28. The number of amides is 1. The van der Waals surface area contributed by atoms with E-state index >= 15 is 0 Å². The minimum absolute atomic E-state index is 0.109. The summed E-state index contributed by atoms with van der Waals surface area (Å²) in [5.74, 6) is 1.73. The molecule has 1 aliphatic rings. The van der Waals surface area contributed by atoms with E-state index in [9.17, 15) is 4.79 Å². The normalized spacial score (nSPS) is 23.4. The van der Waals surface area contributed by atoms with Gasteiger partial charge >= 0.3 is 0 Å². The lowest BCUT2D eigenvalue weighted by Gasteiger charge is -2.16. The van der Waals surface area contributed by atoms with Crippen molar-refractivity contribution in [2.75, 3.05) is 14.2 Å². The molecule has 2 atom stereocenters. The molecule has 1 aromatic carbocycles. The van der Waals surface area contributed by atoms with Crippen LogP contribution < -0.4 is 14.8 Å². The molecule has 92 valence electrons. The summed E-state index contributed by atoms with van der Waals surface area (Å²) in [5.41, 5.74) is 1.11. The molecule has 1 N–H and O–H groups in total. The number of methoxy groups -OCH3 is 2. The lowest BCUT2D eigenvalue weighted by atomic mass is 9.92. The Labute approximate surface area is 101 Å². The molecule has 0 saturated carbocycles. The van der Waals surface area contributed by atoms with Crippen LogP contribution in [0.3, 0.4) is 0 Å². The van der Waals surface area contributed by atoms with Crippen molar-refractivity contribution in [3.63, 3.8) is 0 Å². The van der Waals surface area contributed by atoms with Crippen molar-refractivity contribution in [2.45, 2.75) is 25.3 Å². The Morgan fingerprint density at radius 1 is 1.24 bits per heavy atom. The summed E-state index contributed by atoms with van der Waals surface area (Å²) in [5, 5.41) is 2.92. The summed E-state index contributed by atoms with van der Waals surface area (Å²) < 4.78 is 10.5. The van der Waals surface area contributed by atoms with Crippen LogP contribution in [0.25, 0.3) is 0 Å². The smallest absolute Gasteiger partial charge is 0.220 e. The number of benzene rings is 1. The second-order valence-electron chi connectivity index (χ2n) is 4.28. The number of hydrogen-bond acceptors (Lipinski definition) is 3. The first-order chi connectivity index (χ1) is 8.15. The van der Waals surface area contributed by atoms with Gasteiger partial charge in [0.1, 0.15) is 0 Å². The monoisotopic (exact) mass is 235 g/mol. The lowest BCUT2D eigenvalue weighted by molar-refractivity contribution is -0.119. The quantitative estimate of drug-likeness (QED) is 0.867. The minimum Gasteiger partial charge on any atom is -0.493 e. The lowest BCUT2D eigenvalue weighted by Crippen LogP contribution is -2.24. The minimum atomic E-state index is 0.109. The zero-order valence-corrected chi connectivity index (χ0v) is 10.3. The van der Waals surface area contributed by atoms with Gasteiger partial charge in [-0.05, 0) is 24.6 Å². The predicted octanol–water partition coefficient (Wildman–Crippen LogP) is 1.70. The number of carbonyl (C=O) groups is 1. The fourth-order valence-corrected chi connectivity index (χ4v) is 2.28. The molecule has 1 fully saturated rings. The van der Waals surface area contributed by atoms with Crippen molar-refractivity contribution in [1.29, 1.82) is 0 Å². The van der Waals surface area contributed by atoms with Crippen LogP contribution in [0, 0.1) is 0 Å². The van der Waals surface area contributed by atoms with Gasteiger partial charge in [-0.2, -0.15) is 0 Å². The molecule has 1 aliphatic heterocycles. The molecular formula is C13H17NO3. The molecule has 1 heterocycles. The van der Waals surface area contributed by atoms with E-state index < -0.39 is 0 Å². The summed E-state index contributed by atoms with van der Waals surface area (Å²) in [6, 6.07) is 5.98. The third-order valence-electron chi connectivity index (χ3n) is 3.23. The summed E-state index contributed by atoms with van der Waals surface area (Å²) in [6.07, 6.45) is 0.538. The first-order valence-electron chi connectivity index (χ1n) is 5.67. The second kappa shape index (κ2) is 4.65. The van der Waals surface area contributed by atoms with Gasteiger partial charge in [-0.3, -0.25) is 4.79 Å². The highest BCUT2D eigenvalue weighted by Gasteiger charge is 2.30. The van der Waals surface area contributed by atoms with Crippen LogP contribution in [-0.2, 0) is 4.79 Å². The molecule has 1 aromatic rings. The molecular weight excluding hydrogens is 218 g/mol. The molecule has 1 amide bonds. The summed E-state index contributed by atoms with van der Waals surface area (Å²) in [4.78, 5) is 11.3. The van der Waals surface area contributed by atoms with Crippen LogP contribution in [0.5, 0.6) is 11.5 Å². The zero-order chi connectivity index (χ0) is 12.4.